The smallest absolute Gasteiger partial charge is 0.152 e. The molecule has 1 aromatic carbocycles. The van der Waals surface area contributed by atoms with E-state index in [-0.39, 0.29) is 0 Å². The molecule has 0 bridgehead atoms. The molecule has 0 radical (unpaired) electrons. The summed E-state index contributed by atoms with van der Waals surface area (Å²) in [4.78, 5) is 8.97. The number of nitrogens with two attached hydrogens (primary N) is 1. The van der Waals surface area contributed by atoms with Crippen molar-refractivity contribution in [3.8, 4) is 5.75 Å². The van der Waals surface area contributed by atoms with E-state index in [9.17, 15) is 0 Å². The molecule has 0 unspecified atom stereocenters. The maximum absolute atomic E-state index is 5.14. The lowest BCUT2D eigenvalue weighted by Gasteiger charge is -2.12. The molecule has 0 atom stereocenters. The number of fused-ring (bicyclic) bond motifs is 1. The Balaban J connectivity index is 1.72. The van der Waals surface area contributed by atoms with E-state index in [0.717, 1.165) is 18.7 Å². The Labute approximate surface area is 106 Å². The van der Waals surface area contributed by atoms with Gasteiger partial charge in [0.25, 0.3) is 0 Å². The number of benzene rings is 1. The largest absolute Gasteiger partial charge is 0.411 e. The lowest BCUT2D eigenvalue weighted by Crippen LogP contribution is -2.20. The summed E-state index contributed by atoms with van der Waals surface area (Å²) in [5.41, 5.74) is 2.84. The summed E-state index contributed by atoms with van der Waals surface area (Å²) in [6, 6.07) is 12.5. The molecule has 0 saturated heterocycles. The van der Waals surface area contributed by atoms with Gasteiger partial charge in [0, 0.05) is 24.4 Å². The Morgan fingerprint density at radius 3 is 2.56 bits per heavy atom. The number of nitrogens with zero attached hydrogens (tertiary/aromatic N) is 1. The molecule has 0 aliphatic heterocycles. The van der Waals surface area contributed by atoms with E-state index >= 15 is 0 Å². The van der Waals surface area contributed by atoms with Crippen molar-refractivity contribution in [2.24, 2.45) is 5.90 Å². The molecule has 0 fully saturated rings. The van der Waals surface area contributed by atoms with Crippen LogP contribution in [0.4, 0.5) is 5.82 Å². The van der Waals surface area contributed by atoms with Gasteiger partial charge < -0.3 is 10.2 Å². The van der Waals surface area contributed by atoms with Crippen LogP contribution in [0.15, 0.2) is 42.6 Å². The zero-order valence-electron chi connectivity index (χ0n) is 9.97. The maximum Gasteiger partial charge on any atom is 0.152 e. The number of hydrogen-bond acceptors (Lipinski definition) is 4. The van der Waals surface area contributed by atoms with E-state index < -0.39 is 0 Å². The van der Waals surface area contributed by atoms with Crippen molar-refractivity contribution in [2.45, 2.75) is 18.9 Å². The fraction of sp³-hybridized carbons (Fsp3) is 0.214. The number of aromatic nitrogens is 1. The van der Waals surface area contributed by atoms with Gasteiger partial charge in [-0.15, -0.1) is 0 Å². The van der Waals surface area contributed by atoms with Crippen molar-refractivity contribution in [2.75, 3.05) is 5.32 Å². The molecule has 0 spiro atoms. The van der Waals surface area contributed by atoms with Gasteiger partial charge in [-0.25, -0.2) is 4.98 Å². The standard InChI is InChI=1S/C14H15N3O/c15-18-13-5-6-16-14(9-13)17-12-7-10-3-1-2-4-11(10)8-12/h1-6,9,12H,7-8,15H2,(H,16,17). The molecule has 0 saturated carbocycles. The molecule has 1 heterocycles. The quantitative estimate of drug-likeness (QED) is 0.806. The molecule has 92 valence electrons. The van der Waals surface area contributed by atoms with Crippen LogP contribution in [0.5, 0.6) is 5.75 Å². The van der Waals surface area contributed by atoms with Crippen molar-refractivity contribution in [1.82, 2.24) is 4.98 Å². The highest BCUT2D eigenvalue weighted by molar-refractivity contribution is 5.44. The van der Waals surface area contributed by atoms with Crippen LogP contribution in [-0.2, 0) is 12.8 Å². The highest BCUT2D eigenvalue weighted by Crippen LogP contribution is 2.24. The molecular formula is C14H15N3O. The summed E-state index contributed by atoms with van der Waals surface area (Å²) in [5, 5.41) is 3.42. The molecule has 3 N–H and O–H groups in total. The van der Waals surface area contributed by atoms with Crippen molar-refractivity contribution in [3.63, 3.8) is 0 Å². The average Bonchev–Trinajstić information content (AvgIpc) is 2.81. The average molecular weight is 241 g/mol. The Hall–Kier alpha value is -2.07. The number of hydrogen-bond donors (Lipinski definition) is 2. The minimum Gasteiger partial charge on any atom is -0.411 e. The highest BCUT2D eigenvalue weighted by atomic mass is 16.6. The Kier molecular flexibility index (Phi) is 2.86. The van der Waals surface area contributed by atoms with Crippen LogP contribution in [0.2, 0.25) is 0 Å². The molecule has 0 amide bonds. The van der Waals surface area contributed by atoms with E-state index in [1.165, 1.54) is 11.1 Å². The summed E-state index contributed by atoms with van der Waals surface area (Å²) in [7, 11) is 0. The van der Waals surface area contributed by atoms with Gasteiger partial charge in [0.15, 0.2) is 5.75 Å². The summed E-state index contributed by atoms with van der Waals surface area (Å²) in [5.74, 6) is 6.56. The van der Waals surface area contributed by atoms with Gasteiger partial charge in [0.2, 0.25) is 0 Å². The minimum absolute atomic E-state index is 0.392. The molecule has 1 aliphatic carbocycles. The van der Waals surface area contributed by atoms with Crippen LogP contribution >= 0.6 is 0 Å². The first kappa shape index (κ1) is 11.0. The summed E-state index contributed by atoms with van der Waals surface area (Å²) in [6.07, 6.45) is 3.75. The van der Waals surface area contributed by atoms with E-state index in [0.29, 0.717) is 11.8 Å². The number of anilines is 1. The van der Waals surface area contributed by atoms with Gasteiger partial charge in [-0.05, 0) is 24.0 Å². The van der Waals surface area contributed by atoms with Crippen molar-refractivity contribution < 1.29 is 4.84 Å². The predicted molar refractivity (Wildman–Crippen MR) is 70.3 cm³/mol. The van der Waals surface area contributed by atoms with E-state index in [1.807, 2.05) is 6.07 Å². The van der Waals surface area contributed by atoms with Gasteiger partial charge >= 0.3 is 0 Å². The first-order valence-electron chi connectivity index (χ1n) is 6.01. The maximum atomic E-state index is 5.14. The van der Waals surface area contributed by atoms with Gasteiger partial charge in [0.05, 0.1) is 0 Å². The van der Waals surface area contributed by atoms with Gasteiger partial charge in [0.1, 0.15) is 5.82 Å². The Morgan fingerprint density at radius 2 is 1.89 bits per heavy atom. The van der Waals surface area contributed by atoms with Crippen LogP contribution in [0.1, 0.15) is 11.1 Å². The highest BCUT2D eigenvalue weighted by Gasteiger charge is 2.20. The van der Waals surface area contributed by atoms with Crippen LogP contribution in [0, 0.1) is 0 Å². The van der Waals surface area contributed by atoms with Crippen molar-refractivity contribution in [1.29, 1.82) is 0 Å². The molecule has 3 rings (SSSR count). The second-order valence-electron chi connectivity index (χ2n) is 4.51. The zero-order chi connectivity index (χ0) is 12.4. The SMILES string of the molecule is NOc1ccnc(NC2Cc3ccccc3C2)c1. The van der Waals surface area contributed by atoms with Crippen LogP contribution in [-0.4, -0.2) is 11.0 Å². The first-order chi connectivity index (χ1) is 8.85. The molecule has 2 aromatic rings. The minimum atomic E-state index is 0.392. The molecule has 18 heavy (non-hydrogen) atoms. The van der Waals surface area contributed by atoms with E-state index in [4.69, 9.17) is 10.7 Å². The van der Waals surface area contributed by atoms with E-state index in [1.54, 1.807) is 12.3 Å². The lowest BCUT2D eigenvalue weighted by molar-refractivity contribution is 0.334. The number of rotatable bonds is 3. The second-order valence-corrected chi connectivity index (χ2v) is 4.51. The Bertz CT molecular complexity index is 531. The molecule has 4 nitrogen and oxygen atoms in total. The fourth-order valence-electron chi connectivity index (χ4n) is 2.43. The summed E-state index contributed by atoms with van der Waals surface area (Å²) >= 11 is 0. The molecule has 4 heteroatoms. The molecule has 1 aliphatic rings. The topological polar surface area (TPSA) is 60.2 Å². The predicted octanol–water partition coefficient (Wildman–Crippen LogP) is 1.91. The van der Waals surface area contributed by atoms with Gasteiger partial charge in [-0.2, -0.15) is 5.90 Å². The van der Waals surface area contributed by atoms with Crippen LogP contribution < -0.4 is 16.1 Å². The number of pyridine rings is 1. The molecule has 1 aromatic heterocycles. The zero-order valence-corrected chi connectivity index (χ0v) is 9.97. The normalized spacial score (nSPS) is 14.3. The fourth-order valence-corrected chi connectivity index (χ4v) is 2.43. The Morgan fingerprint density at radius 1 is 1.17 bits per heavy atom. The van der Waals surface area contributed by atoms with Crippen LogP contribution in [0.25, 0.3) is 0 Å². The van der Waals surface area contributed by atoms with E-state index in [2.05, 4.69) is 34.6 Å². The summed E-state index contributed by atoms with van der Waals surface area (Å²) < 4.78 is 0. The second kappa shape index (κ2) is 4.66. The summed E-state index contributed by atoms with van der Waals surface area (Å²) in [6.45, 7) is 0. The third kappa shape index (κ3) is 2.15. The van der Waals surface area contributed by atoms with Gasteiger partial charge in [-0.1, -0.05) is 24.3 Å². The van der Waals surface area contributed by atoms with Crippen molar-refractivity contribution >= 4 is 5.82 Å². The van der Waals surface area contributed by atoms with Gasteiger partial charge in [-0.3, -0.25) is 0 Å². The third-order valence-electron chi connectivity index (χ3n) is 3.27. The number of nitrogens with one attached hydrogen (secondary N) is 1. The molecular weight excluding hydrogens is 226 g/mol. The van der Waals surface area contributed by atoms with Crippen LogP contribution in [0.3, 0.4) is 0 Å². The monoisotopic (exact) mass is 241 g/mol. The first-order valence-corrected chi connectivity index (χ1v) is 6.01. The third-order valence-corrected chi connectivity index (χ3v) is 3.27. The van der Waals surface area contributed by atoms with Crippen molar-refractivity contribution in [3.05, 3.63) is 53.7 Å². The lowest BCUT2D eigenvalue weighted by atomic mass is 10.1.